The summed E-state index contributed by atoms with van der Waals surface area (Å²) in [4.78, 5) is 11.4. The highest BCUT2D eigenvalue weighted by atomic mass is 32.2. The number of hydrogen-bond donors (Lipinski definition) is 2. The molecule has 0 saturated carbocycles. The first-order valence-electron chi connectivity index (χ1n) is 9.69. The van der Waals surface area contributed by atoms with Crippen molar-refractivity contribution in [1.82, 2.24) is 0 Å². The molecule has 2 N–H and O–H groups in total. The molecule has 0 aliphatic carbocycles. The first-order valence-corrected chi connectivity index (χ1v) is 11.2. The maximum atomic E-state index is 12.5. The highest BCUT2D eigenvalue weighted by molar-refractivity contribution is 7.92. The maximum Gasteiger partial charge on any atom is 0.339 e. The summed E-state index contributed by atoms with van der Waals surface area (Å²) in [7, 11) is -3.67. The zero-order valence-electron chi connectivity index (χ0n) is 16.9. The molecule has 0 heterocycles. The van der Waals surface area contributed by atoms with Gasteiger partial charge in [0.2, 0.25) is 0 Å². The minimum atomic E-state index is -3.67. The molecule has 0 atom stereocenters. The van der Waals surface area contributed by atoms with Crippen LogP contribution in [0.25, 0.3) is 0 Å². The van der Waals surface area contributed by atoms with Crippen LogP contribution in [0.15, 0.2) is 77.7 Å². The van der Waals surface area contributed by atoms with Gasteiger partial charge in [-0.05, 0) is 60.5 Å². The topological polar surface area (TPSA) is 102 Å². The summed E-state index contributed by atoms with van der Waals surface area (Å²) >= 11 is 0. The smallest absolute Gasteiger partial charge is 0.339 e. The summed E-state index contributed by atoms with van der Waals surface area (Å²) in [5, 5.41) is 9.14. The quantitative estimate of drug-likeness (QED) is 0.457. The SMILES string of the molecule is CCc1ccc(S(=O)(=O)Nc2ccc(OCCOc3ccccc3C(=O)O)cc2)cc1. The number of hydrogen-bond acceptors (Lipinski definition) is 5. The number of benzene rings is 3. The monoisotopic (exact) mass is 441 g/mol. The number of carbonyl (C=O) groups is 1. The fourth-order valence-corrected chi connectivity index (χ4v) is 3.88. The van der Waals surface area contributed by atoms with Gasteiger partial charge in [0.25, 0.3) is 10.0 Å². The zero-order valence-corrected chi connectivity index (χ0v) is 17.8. The lowest BCUT2D eigenvalue weighted by Crippen LogP contribution is -2.13. The molecule has 8 heteroatoms. The molecular weight excluding hydrogens is 418 g/mol. The van der Waals surface area contributed by atoms with Gasteiger partial charge in [-0.25, -0.2) is 13.2 Å². The Morgan fingerprint density at radius 2 is 1.55 bits per heavy atom. The second kappa shape index (κ2) is 9.99. The van der Waals surface area contributed by atoms with E-state index in [2.05, 4.69) is 4.72 Å². The highest BCUT2D eigenvalue weighted by Crippen LogP contribution is 2.21. The second-order valence-corrected chi connectivity index (χ2v) is 8.31. The Morgan fingerprint density at radius 1 is 0.903 bits per heavy atom. The summed E-state index contributed by atoms with van der Waals surface area (Å²) in [6.07, 6.45) is 0.840. The van der Waals surface area contributed by atoms with Crippen LogP contribution in [0, 0.1) is 0 Å². The van der Waals surface area contributed by atoms with E-state index in [1.807, 2.05) is 6.92 Å². The van der Waals surface area contributed by atoms with Crippen LogP contribution in [0.2, 0.25) is 0 Å². The predicted molar refractivity (Wildman–Crippen MR) is 117 cm³/mol. The molecule has 0 radical (unpaired) electrons. The van der Waals surface area contributed by atoms with Gasteiger partial charge >= 0.3 is 5.97 Å². The molecule has 3 rings (SSSR count). The molecule has 0 bridgehead atoms. The van der Waals surface area contributed by atoms with E-state index in [9.17, 15) is 13.2 Å². The molecule has 7 nitrogen and oxygen atoms in total. The second-order valence-electron chi connectivity index (χ2n) is 6.63. The van der Waals surface area contributed by atoms with Crippen molar-refractivity contribution < 1.29 is 27.8 Å². The molecule has 0 aromatic heterocycles. The van der Waals surface area contributed by atoms with Gasteiger partial charge in [0.15, 0.2) is 0 Å². The Morgan fingerprint density at radius 3 is 2.19 bits per heavy atom. The van der Waals surface area contributed by atoms with Crippen molar-refractivity contribution in [2.45, 2.75) is 18.2 Å². The van der Waals surface area contributed by atoms with Gasteiger partial charge in [0.1, 0.15) is 30.3 Å². The van der Waals surface area contributed by atoms with Gasteiger partial charge < -0.3 is 14.6 Å². The summed E-state index contributed by atoms with van der Waals surface area (Å²) < 4.78 is 38.6. The van der Waals surface area contributed by atoms with Crippen LogP contribution < -0.4 is 14.2 Å². The van der Waals surface area contributed by atoms with Gasteiger partial charge in [-0.3, -0.25) is 4.72 Å². The number of rotatable bonds is 10. The Hall–Kier alpha value is -3.52. The Labute approximate surface area is 181 Å². The molecule has 0 saturated heterocycles. The third-order valence-electron chi connectivity index (χ3n) is 4.48. The van der Waals surface area contributed by atoms with Crippen LogP contribution in [-0.2, 0) is 16.4 Å². The van der Waals surface area contributed by atoms with E-state index in [4.69, 9.17) is 14.6 Å². The number of aromatic carboxylic acids is 1. The van der Waals surface area contributed by atoms with Gasteiger partial charge in [-0.1, -0.05) is 31.2 Å². The molecular formula is C23H23NO6S. The van der Waals surface area contributed by atoms with Crippen molar-refractivity contribution in [1.29, 1.82) is 0 Å². The molecule has 0 aliphatic rings. The van der Waals surface area contributed by atoms with Crippen LogP contribution in [0.5, 0.6) is 11.5 Å². The summed E-state index contributed by atoms with van der Waals surface area (Å²) in [5.74, 6) is -0.253. The molecule has 0 amide bonds. The zero-order chi connectivity index (χ0) is 22.3. The van der Waals surface area contributed by atoms with Crippen LogP contribution in [0.4, 0.5) is 5.69 Å². The Bertz CT molecular complexity index is 1130. The van der Waals surface area contributed by atoms with Crippen LogP contribution in [0.1, 0.15) is 22.8 Å². The van der Waals surface area contributed by atoms with Gasteiger partial charge in [0, 0.05) is 5.69 Å². The first kappa shape index (κ1) is 22.2. The summed E-state index contributed by atoms with van der Waals surface area (Å²) in [6, 6.07) is 19.6. The van der Waals surface area contributed by atoms with Gasteiger partial charge in [-0.2, -0.15) is 0 Å². The fraction of sp³-hybridized carbons (Fsp3) is 0.174. The van der Waals surface area contributed by atoms with Gasteiger partial charge in [-0.15, -0.1) is 0 Å². The molecule has 0 spiro atoms. The van der Waals surface area contributed by atoms with E-state index in [0.29, 0.717) is 11.4 Å². The number of para-hydroxylation sites is 1. The number of ether oxygens (including phenoxy) is 2. The first-order chi connectivity index (χ1) is 14.9. The number of sulfonamides is 1. The predicted octanol–water partition coefficient (Wildman–Crippen LogP) is 4.21. The summed E-state index contributed by atoms with van der Waals surface area (Å²) in [5.41, 5.74) is 1.57. The third kappa shape index (κ3) is 5.99. The average molecular weight is 442 g/mol. The Balaban J connectivity index is 1.52. The number of carboxylic acid groups (broad SMARTS) is 1. The molecule has 0 fully saturated rings. The van der Waals surface area contributed by atoms with Crippen molar-refractivity contribution in [3.8, 4) is 11.5 Å². The lowest BCUT2D eigenvalue weighted by molar-refractivity contribution is 0.0691. The highest BCUT2D eigenvalue weighted by Gasteiger charge is 2.14. The van der Waals surface area contributed by atoms with E-state index in [1.165, 1.54) is 6.07 Å². The van der Waals surface area contributed by atoms with Crippen molar-refractivity contribution in [2.24, 2.45) is 0 Å². The average Bonchev–Trinajstić information content (AvgIpc) is 2.78. The normalized spacial score (nSPS) is 11.0. The molecule has 31 heavy (non-hydrogen) atoms. The van der Waals surface area contributed by atoms with Crippen LogP contribution in [-0.4, -0.2) is 32.7 Å². The maximum absolute atomic E-state index is 12.5. The minimum Gasteiger partial charge on any atom is -0.490 e. The number of nitrogens with one attached hydrogen (secondary N) is 1. The van der Waals surface area contributed by atoms with Crippen molar-refractivity contribution in [3.63, 3.8) is 0 Å². The number of anilines is 1. The van der Waals surface area contributed by atoms with Crippen LogP contribution in [0.3, 0.4) is 0 Å². The standard InChI is InChI=1S/C23H23NO6S/c1-2-17-7-13-20(14-8-17)31(27,28)24-18-9-11-19(12-10-18)29-15-16-30-22-6-4-3-5-21(22)23(25)26/h3-14,24H,2,15-16H2,1H3,(H,25,26). The van der Waals surface area contributed by atoms with E-state index < -0.39 is 16.0 Å². The van der Waals surface area contributed by atoms with E-state index >= 15 is 0 Å². The van der Waals surface area contributed by atoms with Crippen molar-refractivity contribution in [3.05, 3.63) is 83.9 Å². The fourth-order valence-electron chi connectivity index (χ4n) is 2.82. The van der Waals surface area contributed by atoms with Crippen LogP contribution >= 0.6 is 0 Å². The molecule has 0 aliphatic heterocycles. The number of aryl methyl sites for hydroxylation is 1. The van der Waals surface area contributed by atoms with Crippen molar-refractivity contribution >= 4 is 21.7 Å². The van der Waals surface area contributed by atoms with Gasteiger partial charge in [0.05, 0.1) is 4.90 Å². The van der Waals surface area contributed by atoms with E-state index in [-0.39, 0.29) is 29.4 Å². The lowest BCUT2D eigenvalue weighted by atomic mass is 10.2. The largest absolute Gasteiger partial charge is 0.490 e. The lowest BCUT2D eigenvalue weighted by Gasteiger charge is -2.11. The molecule has 3 aromatic carbocycles. The number of carboxylic acids is 1. The minimum absolute atomic E-state index is 0.0865. The molecule has 0 unspecified atom stereocenters. The summed E-state index contributed by atoms with van der Waals surface area (Å²) in [6.45, 7) is 2.36. The van der Waals surface area contributed by atoms with E-state index in [0.717, 1.165) is 12.0 Å². The Kier molecular flexibility index (Phi) is 7.15. The molecule has 162 valence electrons. The van der Waals surface area contributed by atoms with E-state index in [1.54, 1.807) is 66.7 Å². The molecule has 3 aromatic rings. The van der Waals surface area contributed by atoms with Crippen molar-refractivity contribution in [2.75, 3.05) is 17.9 Å². The third-order valence-corrected chi connectivity index (χ3v) is 5.87.